The Kier molecular flexibility index (Phi) is 3.12. The molecular weight excluding hydrogens is 264 g/mol. The van der Waals surface area contributed by atoms with Gasteiger partial charge in [-0.15, -0.1) is 11.8 Å². The Hall–Kier alpha value is -2.02. The molecule has 0 saturated carbocycles. The standard InChI is InChI=1S/C12H12N4O2S/c1-18-9-4-2-8(3-5-9)11-16(10(17)6-19-11)12-13-7-14-15-12/h2-5,7,11H,6H2,1H3,(H,13,14,15). The van der Waals surface area contributed by atoms with Crippen LogP contribution in [-0.4, -0.2) is 34.0 Å². The second kappa shape index (κ2) is 4.93. The zero-order valence-electron chi connectivity index (χ0n) is 10.2. The van der Waals surface area contributed by atoms with Gasteiger partial charge in [0.15, 0.2) is 0 Å². The van der Waals surface area contributed by atoms with Crippen LogP contribution >= 0.6 is 11.8 Å². The lowest BCUT2D eigenvalue weighted by molar-refractivity contribution is -0.115. The van der Waals surface area contributed by atoms with Crippen molar-refractivity contribution in [2.24, 2.45) is 0 Å². The first-order chi connectivity index (χ1) is 9.29. The van der Waals surface area contributed by atoms with Crippen LogP contribution in [0.1, 0.15) is 10.9 Å². The molecule has 7 heteroatoms. The van der Waals surface area contributed by atoms with Crippen molar-refractivity contribution in [3.8, 4) is 5.75 Å². The number of carbonyl (C=O) groups is 1. The molecule has 1 aromatic carbocycles. The summed E-state index contributed by atoms with van der Waals surface area (Å²) in [6, 6.07) is 7.69. The number of amides is 1. The predicted octanol–water partition coefficient (Wildman–Crippen LogP) is 1.59. The van der Waals surface area contributed by atoms with Crippen molar-refractivity contribution in [2.75, 3.05) is 17.8 Å². The van der Waals surface area contributed by atoms with Crippen LogP contribution in [0.25, 0.3) is 0 Å². The molecule has 0 spiro atoms. The number of aromatic nitrogens is 3. The minimum atomic E-state index is -0.0774. The summed E-state index contributed by atoms with van der Waals surface area (Å²) < 4.78 is 5.14. The molecule has 6 nitrogen and oxygen atoms in total. The number of hydrogen-bond acceptors (Lipinski definition) is 5. The van der Waals surface area contributed by atoms with E-state index < -0.39 is 0 Å². The van der Waals surface area contributed by atoms with Crippen molar-refractivity contribution in [1.82, 2.24) is 15.2 Å². The summed E-state index contributed by atoms with van der Waals surface area (Å²) in [5.41, 5.74) is 1.04. The molecule has 3 rings (SSSR count). The number of ether oxygens (including phenoxy) is 1. The molecule has 1 amide bonds. The Morgan fingerprint density at radius 1 is 1.42 bits per heavy atom. The van der Waals surface area contributed by atoms with E-state index in [9.17, 15) is 4.79 Å². The number of rotatable bonds is 3. The number of nitrogens with zero attached hydrogens (tertiary/aromatic N) is 3. The molecule has 1 fully saturated rings. The van der Waals surface area contributed by atoms with Crippen LogP contribution in [-0.2, 0) is 4.79 Å². The van der Waals surface area contributed by atoms with E-state index in [1.54, 1.807) is 23.8 Å². The Morgan fingerprint density at radius 2 is 2.21 bits per heavy atom. The molecule has 1 aromatic heterocycles. The molecule has 1 saturated heterocycles. The van der Waals surface area contributed by atoms with E-state index in [0.717, 1.165) is 11.3 Å². The number of hydrogen-bond donors (Lipinski definition) is 1. The Morgan fingerprint density at radius 3 is 2.84 bits per heavy atom. The molecule has 1 aliphatic rings. The van der Waals surface area contributed by atoms with Gasteiger partial charge >= 0.3 is 0 Å². The van der Waals surface area contributed by atoms with Crippen LogP contribution < -0.4 is 9.64 Å². The molecular formula is C12H12N4O2S. The summed E-state index contributed by atoms with van der Waals surface area (Å²) in [7, 11) is 1.63. The quantitative estimate of drug-likeness (QED) is 0.921. The Balaban J connectivity index is 1.92. The lowest BCUT2D eigenvalue weighted by Gasteiger charge is -2.21. The number of aromatic amines is 1. The highest BCUT2D eigenvalue weighted by Crippen LogP contribution is 2.40. The van der Waals surface area contributed by atoms with E-state index >= 15 is 0 Å². The molecule has 2 aromatic rings. The predicted molar refractivity (Wildman–Crippen MR) is 72.1 cm³/mol. The molecule has 1 N–H and O–H groups in total. The van der Waals surface area contributed by atoms with Crippen LogP contribution in [0.3, 0.4) is 0 Å². The molecule has 1 unspecified atom stereocenters. The van der Waals surface area contributed by atoms with Crippen molar-refractivity contribution in [3.63, 3.8) is 0 Å². The second-order valence-electron chi connectivity index (χ2n) is 4.01. The van der Waals surface area contributed by atoms with Crippen LogP contribution in [0.2, 0.25) is 0 Å². The number of benzene rings is 1. The Bertz CT molecular complexity index is 570. The van der Waals surface area contributed by atoms with E-state index in [1.807, 2.05) is 24.3 Å². The van der Waals surface area contributed by atoms with Crippen molar-refractivity contribution in [3.05, 3.63) is 36.2 Å². The highest BCUT2D eigenvalue weighted by molar-refractivity contribution is 8.00. The van der Waals surface area contributed by atoms with Gasteiger partial charge in [-0.25, -0.2) is 5.10 Å². The zero-order chi connectivity index (χ0) is 13.2. The van der Waals surface area contributed by atoms with Crippen molar-refractivity contribution < 1.29 is 9.53 Å². The SMILES string of the molecule is COc1ccc(C2SCC(=O)N2c2ncn[nH]2)cc1. The van der Waals surface area contributed by atoms with Gasteiger partial charge in [-0.3, -0.25) is 9.69 Å². The molecule has 2 heterocycles. The third kappa shape index (κ3) is 2.17. The number of anilines is 1. The summed E-state index contributed by atoms with van der Waals surface area (Å²) in [6.45, 7) is 0. The summed E-state index contributed by atoms with van der Waals surface area (Å²) in [4.78, 5) is 17.7. The minimum Gasteiger partial charge on any atom is -0.497 e. The number of methoxy groups -OCH3 is 1. The van der Waals surface area contributed by atoms with Crippen LogP contribution in [0.15, 0.2) is 30.6 Å². The molecule has 0 aliphatic carbocycles. The first-order valence-corrected chi connectivity index (χ1v) is 6.77. The number of thioether (sulfide) groups is 1. The smallest absolute Gasteiger partial charge is 0.240 e. The lowest BCUT2D eigenvalue weighted by Crippen LogP contribution is -2.28. The lowest BCUT2D eigenvalue weighted by atomic mass is 10.2. The Labute approximate surface area is 114 Å². The fraction of sp³-hybridized carbons (Fsp3) is 0.250. The van der Waals surface area contributed by atoms with E-state index in [1.165, 1.54) is 6.33 Å². The maximum absolute atomic E-state index is 12.0. The highest BCUT2D eigenvalue weighted by atomic mass is 32.2. The van der Waals surface area contributed by atoms with Gasteiger partial charge in [0.05, 0.1) is 12.9 Å². The zero-order valence-corrected chi connectivity index (χ0v) is 11.1. The summed E-state index contributed by atoms with van der Waals surface area (Å²) in [5, 5.41) is 6.46. The minimum absolute atomic E-state index is 0.0302. The first kappa shape index (κ1) is 12.0. The van der Waals surface area contributed by atoms with E-state index in [2.05, 4.69) is 15.2 Å². The first-order valence-electron chi connectivity index (χ1n) is 5.72. The van der Waals surface area contributed by atoms with E-state index in [4.69, 9.17) is 4.74 Å². The van der Waals surface area contributed by atoms with Gasteiger partial charge in [-0.1, -0.05) is 12.1 Å². The third-order valence-electron chi connectivity index (χ3n) is 2.90. The third-order valence-corrected chi connectivity index (χ3v) is 4.11. The van der Waals surface area contributed by atoms with Gasteiger partial charge in [-0.2, -0.15) is 10.1 Å². The van der Waals surface area contributed by atoms with Crippen molar-refractivity contribution in [1.29, 1.82) is 0 Å². The average Bonchev–Trinajstić information content (AvgIpc) is 3.08. The fourth-order valence-corrected chi connectivity index (χ4v) is 3.14. The average molecular weight is 276 g/mol. The van der Waals surface area contributed by atoms with Gasteiger partial charge in [0, 0.05) is 0 Å². The molecule has 98 valence electrons. The van der Waals surface area contributed by atoms with Gasteiger partial charge in [0.2, 0.25) is 11.9 Å². The summed E-state index contributed by atoms with van der Waals surface area (Å²) in [5.74, 6) is 1.75. The van der Waals surface area contributed by atoms with Crippen LogP contribution in [0.5, 0.6) is 5.75 Å². The topological polar surface area (TPSA) is 71.1 Å². The number of nitrogens with one attached hydrogen (secondary N) is 1. The van der Waals surface area contributed by atoms with Gasteiger partial charge < -0.3 is 4.74 Å². The van der Waals surface area contributed by atoms with Crippen LogP contribution in [0.4, 0.5) is 5.95 Å². The van der Waals surface area contributed by atoms with Gasteiger partial charge in [0.25, 0.3) is 0 Å². The molecule has 0 bridgehead atoms. The second-order valence-corrected chi connectivity index (χ2v) is 5.08. The van der Waals surface area contributed by atoms with E-state index in [-0.39, 0.29) is 11.3 Å². The number of carbonyl (C=O) groups excluding carboxylic acids is 1. The molecule has 1 aliphatic heterocycles. The van der Waals surface area contributed by atoms with Crippen molar-refractivity contribution >= 4 is 23.6 Å². The maximum Gasteiger partial charge on any atom is 0.240 e. The largest absolute Gasteiger partial charge is 0.497 e. The maximum atomic E-state index is 12.0. The molecule has 0 radical (unpaired) electrons. The van der Waals surface area contributed by atoms with Crippen LogP contribution in [0, 0.1) is 0 Å². The highest BCUT2D eigenvalue weighted by Gasteiger charge is 2.35. The van der Waals surface area contributed by atoms with Crippen molar-refractivity contribution in [2.45, 2.75) is 5.37 Å². The van der Waals surface area contributed by atoms with E-state index in [0.29, 0.717) is 11.7 Å². The molecule has 19 heavy (non-hydrogen) atoms. The normalized spacial score (nSPS) is 18.9. The molecule has 1 atom stereocenters. The van der Waals surface area contributed by atoms with Gasteiger partial charge in [0.1, 0.15) is 17.5 Å². The summed E-state index contributed by atoms with van der Waals surface area (Å²) >= 11 is 1.57. The summed E-state index contributed by atoms with van der Waals surface area (Å²) in [6.07, 6.45) is 1.40. The van der Waals surface area contributed by atoms with Gasteiger partial charge in [-0.05, 0) is 17.7 Å². The number of H-pyrrole nitrogens is 1. The fourth-order valence-electron chi connectivity index (χ4n) is 1.98. The monoisotopic (exact) mass is 276 g/mol.